The quantitative estimate of drug-likeness (QED) is 0.706. The van der Waals surface area contributed by atoms with Gasteiger partial charge in [0.25, 0.3) is 5.56 Å². The molecule has 0 amide bonds. The molecule has 1 aromatic heterocycles. The van der Waals surface area contributed by atoms with Crippen LogP contribution < -0.4 is 10.9 Å². The van der Waals surface area contributed by atoms with E-state index < -0.39 is 5.60 Å². The minimum atomic E-state index is -0.808. The lowest BCUT2D eigenvalue weighted by Gasteiger charge is -2.22. The minimum Gasteiger partial charge on any atom is -0.387 e. The molecule has 0 saturated heterocycles. The first kappa shape index (κ1) is 13.1. The molecule has 1 unspecified atom stereocenters. The van der Waals surface area contributed by atoms with Gasteiger partial charge in [-0.1, -0.05) is 0 Å². The van der Waals surface area contributed by atoms with Crippen molar-refractivity contribution in [3.63, 3.8) is 0 Å². The summed E-state index contributed by atoms with van der Waals surface area (Å²) in [5, 5.41) is 12.9. The summed E-state index contributed by atoms with van der Waals surface area (Å²) in [6.45, 7) is 3.83. The molecule has 0 spiro atoms. The van der Waals surface area contributed by atoms with Crippen LogP contribution in [0.5, 0.6) is 0 Å². The van der Waals surface area contributed by atoms with Gasteiger partial charge in [0.05, 0.1) is 5.60 Å². The third-order valence-electron chi connectivity index (χ3n) is 1.97. The van der Waals surface area contributed by atoms with Gasteiger partial charge in [0.1, 0.15) is 11.6 Å². The van der Waals surface area contributed by atoms with Crippen molar-refractivity contribution in [1.82, 2.24) is 9.97 Å². The largest absolute Gasteiger partial charge is 0.387 e. The van der Waals surface area contributed by atoms with Crippen LogP contribution in [0.3, 0.4) is 0 Å². The summed E-state index contributed by atoms with van der Waals surface area (Å²) in [7, 11) is 0. The molecule has 16 heavy (non-hydrogen) atoms. The molecule has 90 valence electrons. The fraction of sp³-hybridized carbons (Fsp3) is 0.600. The maximum absolute atomic E-state index is 11.2. The van der Waals surface area contributed by atoms with E-state index in [2.05, 4.69) is 15.3 Å². The summed E-state index contributed by atoms with van der Waals surface area (Å²) in [4.78, 5) is 17.8. The molecule has 0 bridgehead atoms. The number of thioether (sulfide) groups is 1. The highest BCUT2D eigenvalue weighted by Crippen LogP contribution is 2.11. The Morgan fingerprint density at radius 3 is 2.94 bits per heavy atom. The highest BCUT2D eigenvalue weighted by molar-refractivity contribution is 7.98. The van der Waals surface area contributed by atoms with E-state index in [0.29, 0.717) is 23.9 Å². The fourth-order valence-corrected chi connectivity index (χ4v) is 2.04. The average molecular weight is 243 g/mol. The Labute approximate surface area is 98.7 Å². The molecule has 3 N–H and O–H groups in total. The number of hydrogen-bond donors (Lipinski definition) is 3. The number of aromatic nitrogens is 2. The van der Waals surface area contributed by atoms with Crippen LogP contribution in [0.4, 0.5) is 5.82 Å². The van der Waals surface area contributed by atoms with Crippen LogP contribution in [0.1, 0.15) is 12.7 Å². The van der Waals surface area contributed by atoms with E-state index in [1.54, 1.807) is 25.6 Å². The third-order valence-corrected chi connectivity index (χ3v) is 2.88. The highest BCUT2D eigenvalue weighted by atomic mass is 32.2. The first-order valence-corrected chi connectivity index (χ1v) is 6.35. The number of aromatic amines is 1. The maximum atomic E-state index is 11.2. The average Bonchev–Trinajstić information content (AvgIpc) is 2.13. The first-order chi connectivity index (χ1) is 7.43. The molecule has 1 rings (SSSR count). The van der Waals surface area contributed by atoms with Gasteiger partial charge < -0.3 is 15.4 Å². The van der Waals surface area contributed by atoms with Crippen LogP contribution >= 0.6 is 11.8 Å². The first-order valence-electron chi connectivity index (χ1n) is 4.96. The molecule has 0 aromatic carbocycles. The van der Waals surface area contributed by atoms with Crippen LogP contribution in [0.15, 0.2) is 10.9 Å². The second-order valence-corrected chi connectivity index (χ2v) is 4.87. The number of hydrogen-bond acceptors (Lipinski definition) is 5. The molecule has 5 nitrogen and oxygen atoms in total. The van der Waals surface area contributed by atoms with Gasteiger partial charge in [-0.2, -0.15) is 11.8 Å². The lowest BCUT2D eigenvalue weighted by atomic mass is 10.1. The van der Waals surface area contributed by atoms with Crippen molar-refractivity contribution in [1.29, 1.82) is 0 Å². The summed E-state index contributed by atoms with van der Waals surface area (Å²) < 4.78 is 0. The number of nitrogens with zero attached hydrogens (tertiary/aromatic N) is 1. The van der Waals surface area contributed by atoms with Crippen LogP contribution in [-0.4, -0.2) is 39.2 Å². The van der Waals surface area contributed by atoms with Crippen molar-refractivity contribution in [2.24, 2.45) is 0 Å². The standard InChI is InChI=1S/C10H17N3O2S/c1-7-12-8(4-9(14)13-7)11-5-10(2,15)6-16-3/h4,15H,5-6H2,1-3H3,(H2,11,12,13,14). The molecular weight excluding hydrogens is 226 g/mol. The number of nitrogens with one attached hydrogen (secondary N) is 2. The van der Waals surface area contributed by atoms with Gasteiger partial charge in [-0.25, -0.2) is 4.98 Å². The Bertz CT molecular complexity index is 403. The van der Waals surface area contributed by atoms with Crippen molar-refractivity contribution in [2.45, 2.75) is 19.4 Å². The van der Waals surface area contributed by atoms with Gasteiger partial charge in [-0.3, -0.25) is 4.79 Å². The number of rotatable bonds is 5. The molecule has 1 heterocycles. The smallest absolute Gasteiger partial charge is 0.252 e. The summed E-state index contributed by atoms with van der Waals surface area (Å²) in [6.07, 6.45) is 1.93. The zero-order chi connectivity index (χ0) is 12.2. The van der Waals surface area contributed by atoms with E-state index in [1.807, 2.05) is 6.26 Å². The Hall–Kier alpha value is -1.01. The summed E-state index contributed by atoms with van der Waals surface area (Å²) >= 11 is 1.57. The Kier molecular flexibility index (Phi) is 4.37. The normalized spacial score (nSPS) is 14.5. The molecule has 0 aliphatic rings. The monoisotopic (exact) mass is 243 g/mol. The van der Waals surface area contributed by atoms with Crippen molar-refractivity contribution < 1.29 is 5.11 Å². The van der Waals surface area contributed by atoms with Gasteiger partial charge in [-0.15, -0.1) is 0 Å². The van der Waals surface area contributed by atoms with Crippen molar-refractivity contribution >= 4 is 17.6 Å². The van der Waals surface area contributed by atoms with E-state index in [4.69, 9.17) is 0 Å². The van der Waals surface area contributed by atoms with E-state index in [-0.39, 0.29) is 5.56 Å². The molecule has 0 fully saturated rings. The van der Waals surface area contributed by atoms with Crippen molar-refractivity contribution in [2.75, 3.05) is 23.9 Å². The molecule has 0 saturated carbocycles. The number of aryl methyl sites for hydroxylation is 1. The lowest BCUT2D eigenvalue weighted by Crippen LogP contribution is -2.36. The second kappa shape index (κ2) is 5.36. The van der Waals surface area contributed by atoms with Crippen LogP contribution in [-0.2, 0) is 0 Å². The Morgan fingerprint density at radius 2 is 2.38 bits per heavy atom. The topological polar surface area (TPSA) is 78.0 Å². The summed E-state index contributed by atoms with van der Waals surface area (Å²) in [6, 6.07) is 1.38. The van der Waals surface area contributed by atoms with Crippen molar-refractivity contribution in [3.8, 4) is 0 Å². The van der Waals surface area contributed by atoms with Crippen LogP contribution in [0.2, 0.25) is 0 Å². The summed E-state index contributed by atoms with van der Waals surface area (Å²) in [5.74, 6) is 1.67. The van der Waals surface area contributed by atoms with Gasteiger partial charge >= 0.3 is 0 Å². The SMILES string of the molecule is CSCC(C)(O)CNc1cc(=O)[nH]c(C)n1. The predicted octanol–water partition coefficient (Wildman–Crippen LogP) is 0.604. The third kappa shape index (κ3) is 4.24. The Balaban J connectivity index is 2.64. The molecule has 1 aromatic rings. The predicted molar refractivity (Wildman–Crippen MR) is 67.1 cm³/mol. The zero-order valence-electron chi connectivity index (χ0n) is 9.70. The fourth-order valence-electron chi connectivity index (χ4n) is 1.31. The van der Waals surface area contributed by atoms with Gasteiger partial charge in [0, 0.05) is 18.4 Å². The molecule has 6 heteroatoms. The Morgan fingerprint density at radius 1 is 1.69 bits per heavy atom. The van der Waals surface area contributed by atoms with E-state index in [9.17, 15) is 9.90 Å². The second-order valence-electron chi connectivity index (χ2n) is 4.00. The van der Waals surface area contributed by atoms with Gasteiger partial charge in [0.2, 0.25) is 0 Å². The molecule has 0 aliphatic heterocycles. The van der Waals surface area contributed by atoms with Crippen LogP contribution in [0, 0.1) is 6.92 Å². The lowest BCUT2D eigenvalue weighted by molar-refractivity contribution is 0.0996. The number of aliphatic hydroxyl groups is 1. The molecule has 0 aliphatic carbocycles. The van der Waals surface area contributed by atoms with Crippen molar-refractivity contribution in [3.05, 3.63) is 22.2 Å². The van der Waals surface area contributed by atoms with Gasteiger partial charge in [-0.05, 0) is 20.1 Å². The molecule has 1 atom stereocenters. The van der Waals surface area contributed by atoms with E-state index in [0.717, 1.165) is 0 Å². The molecular formula is C10H17N3O2S. The maximum Gasteiger partial charge on any atom is 0.252 e. The highest BCUT2D eigenvalue weighted by Gasteiger charge is 2.19. The summed E-state index contributed by atoms with van der Waals surface area (Å²) in [5.41, 5.74) is -1.00. The molecule has 0 radical (unpaired) electrons. The zero-order valence-corrected chi connectivity index (χ0v) is 10.5. The minimum absolute atomic E-state index is 0.195. The van der Waals surface area contributed by atoms with Crippen LogP contribution in [0.25, 0.3) is 0 Å². The van der Waals surface area contributed by atoms with E-state index >= 15 is 0 Å². The number of anilines is 1. The number of H-pyrrole nitrogens is 1. The van der Waals surface area contributed by atoms with E-state index in [1.165, 1.54) is 6.07 Å². The van der Waals surface area contributed by atoms with Gasteiger partial charge in [0.15, 0.2) is 0 Å².